The lowest BCUT2D eigenvalue weighted by Crippen LogP contribution is -2.13. The minimum Gasteiger partial charge on any atom is -0.469 e. The molecule has 0 N–H and O–H groups in total. The van der Waals surface area contributed by atoms with Crippen molar-refractivity contribution < 1.29 is 9.53 Å². The van der Waals surface area contributed by atoms with E-state index in [-0.39, 0.29) is 11.9 Å². The maximum absolute atomic E-state index is 11.9. The number of hydrogen-bond acceptors (Lipinski definition) is 3. The molecule has 0 bridgehead atoms. The van der Waals surface area contributed by atoms with Gasteiger partial charge in [-0.25, -0.2) is 0 Å². The quantitative estimate of drug-likeness (QED) is 0.557. The molecule has 0 saturated carbocycles. The third-order valence-electron chi connectivity index (χ3n) is 3.42. The number of thiophene rings is 1. The molecule has 2 nitrogen and oxygen atoms in total. The van der Waals surface area contributed by atoms with Gasteiger partial charge in [0, 0.05) is 4.88 Å². The van der Waals surface area contributed by atoms with E-state index in [4.69, 9.17) is 4.74 Å². The van der Waals surface area contributed by atoms with Gasteiger partial charge in [0.15, 0.2) is 0 Å². The molecule has 0 amide bonds. The Morgan fingerprint density at radius 1 is 1.15 bits per heavy atom. The highest BCUT2D eigenvalue weighted by atomic mass is 32.1. The second-order valence-corrected chi connectivity index (χ2v) is 5.80. The van der Waals surface area contributed by atoms with Crippen molar-refractivity contribution in [1.29, 1.82) is 0 Å². The molecule has 2 rings (SSSR count). The van der Waals surface area contributed by atoms with Gasteiger partial charge in [0.2, 0.25) is 0 Å². The van der Waals surface area contributed by atoms with Crippen LogP contribution < -0.4 is 0 Å². The Morgan fingerprint density at radius 3 is 2.60 bits per heavy atom. The van der Waals surface area contributed by atoms with Gasteiger partial charge < -0.3 is 4.74 Å². The fourth-order valence-corrected chi connectivity index (χ4v) is 3.18. The van der Waals surface area contributed by atoms with Crippen molar-refractivity contribution >= 4 is 17.3 Å². The number of unbranched alkanes of at least 4 members (excludes halogenated alkanes) is 1. The summed E-state index contributed by atoms with van der Waals surface area (Å²) in [6.07, 6.45) is 4.06. The van der Waals surface area contributed by atoms with Crippen LogP contribution in [0.1, 0.15) is 35.6 Å². The minimum atomic E-state index is -0.118. The van der Waals surface area contributed by atoms with Crippen LogP contribution >= 0.6 is 11.3 Å². The molecular formula is C17H20O2S. The molecule has 2 aromatic rings. The van der Waals surface area contributed by atoms with Crippen molar-refractivity contribution in [3.63, 3.8) is 0 Å². The summed E-state index contributed by atoms with van der Waals surface area (Å²) < 4.78 is 4.92. The van der Waals surface area contributed by atoms with Crippen LogP contribution in [0.5, 0.6) is 0 Å². The first-order chi connectivity index (χ1) is 9.81. The van der Waals surface area contributed by atoms with Crippen LogP contribution in [-0.2, 0) is 16.0 Å². The molecular weight excluding hydrogens is 268 g/mol. The standard InChI is InChI=1S/C17H20O2S/c1-19-17(18)15(16-12-7-13-20-16)11-6-5-10-14-8-3-2-4-9-14/h2-4,7-9,12-13,15H,5-6,10-11H2,1H3. The fourth-order valence-electron chi connectivity index (χ4n) is 2.33. The van der Waals surface area contributed by atoms with E-state index in [0.29, 0.717) is 0 Å². The zero-order chi connectivity index (χ0) is 14.2. The number of carbonyl (C=O) groups excluding carboxylic acids is 1. The Bertz CT molecular complexity index is 505. The summed E-state index contributed by atoms with van der Waals surface area (Å²) in [5.74, 6) is -0.220. The molecule has 0 saturated heterocycles. The van der Waals surface area contributed by atoms with Gasteiger partial charge in [0.25, 0.3) is 0 Å². The van der Waals surface area contributed by atoms with Gasteiger partial charge in [0.05, 0.1) is 13.0 Å². The van der Waals surface area contributed by atoms with Crippen molar-refractivity contribution in [2.75, 3.05) is 7.11 Å². The van der Waals surface area contributed by atoms with Crippen molar-refractivity contribution in [3.05, 3.63) is 58.3 Å². The molecule has 0 fully saturated rings. The topological polar surface area (TPSA) is 26.3 Å². The highest BCUT2D eigenvalue weighted by Crippen LogP contribution is 2.27. The first-order valence-corrected chi connectivity index (χ1v) is 7.84. The van der Waals surface area contributed by atoms with Crippen LogP contribution in [0.4, 0.5) is 0 Å². The van der Waals surface area contributed by atoms with E-state index in [0.717, 1.165) is 30.6 Å². The molecule has 0 aliphatic carbocycles. The maximum Gasteiger partial charge on any atom is 0.313 e. The Balaban J connectivity index is 1.82. The molecule has 3 heteroatoms. The van der Waals surface area contributed by atoms with Crippen LogP contribution in [0, 0.1) is 0 Å². The first kappa shape index (κ1) is 14.8. The molecule has 20 heavy (non-hydrogen) atoms. The average Bonchev–Trinajstić information content (AvgIpc) is 3.01. The highest BCUT2D eigenvalue weighted by molar-refractivity contribution is 7.10. The van der Waals surface area contributed by atoms with E-state index in [1.165, 1.54) is 12.7 Å². The summed E-state index contributed by atoms with van der Waals surface area (Å²) in [7, 11) is 1.47. The lowest BCUT2D eigenvalue weighted by Gasteiger charge is -2.12. The summed E-state index contributed by atoms with van der Waals surface area (Å²) >= 11 is 1.63. The monoisotopic (exact) mass is 288 g/mol. The summed E-state index contributed by atoms with van der Waals surface area (Å²) in [4.78, 5) is 13.0. The summed E-state index contributed by atoms with van der Waals surface area (Å²) in [6, 6.07) is 14.5. The number of methoxy groups -OCH3 is 1. The van der Waals surface area contributed by atoms with Crippen molar-refractivity contribution in [1.82, 2.24) is 0 Å². The number of rotatable bonds is 7. The molecule has 1 atom stereocenters. The smallest absolute Gasteiger partial charge is 0.313 e. The summed E-state index contributed by atoms with van der Waals surface area (Å²) in [6.45, 7) is 0. The first-order valence-electron chi connectivity index (χ1n) is 6.96. The second-order valence-electron chi connectivity index (χ2n) is 4.82. The SMILES string of the molecule is COC(=O)C(CCCCc1ccccc1)c1cccs1. The largest absolute Gasteiger partial charge is 0.469 e. The molecule has 1 aromatic heterocycles. The molecule has 106 valence electrons. The molecule has 1 unspecified atom stereocenters. The Labute approximate surface area is 124 Å². The Hall–Kier alpha value is -1.61. The van der Waals surface area contributed by atoms with Gasteiger partial charge >= 0.3 is 5.97 Å². The van der Waals surface area contributed by atoms with E-state index in [1.54, 1.807) is 11.3 Å². The number of aryl methyl sites for hydroxylation is 1. The number of esters is 1. The number of ether oxygens (including phenoxy) is 1. The normalized spacial score (nSPS) is 12.1. The lowest BCUT2D eigenvalue weighted by atomic mass is 9.98. The lowest BCUT2D eigenvalue weighted by molar-refractivity contribution is -0.142. The van der Waals surface area contributed by atoms with Crippen LogP contribution in [0.3, 0.4) is 0 Å². The van der Waals surface area contributed by atoms with E-state index >= 15 is 0 Å². The molecule has 0 aliphatic rings. The second kappa shape index (κ2) is 7.85. The van der Waals surface area contributed by atoms with E-state index in [2.05, 4.69) is 24.3 Å². The predicted octanol–water partition coefficient (Wildman–Crippen LogP) is 4.42. The van der Waals surface area contributed by atoms with E-state index in [9.17, 15) is 4.79 Å². The molecule has 0 spiro atoms. The van der Waals surface area contributed by atoms with Crippen molar-refractivity contribution in [2.45, 2.75) is 31.6 Å². The van der Waals surface area contributed by atoms with Crippen LogP contribution in [0.25, 0.3) is 0 Å². The summed E-state index contributed by atoms with van der Waals surface area (Å²) in [5, 5.41) is 2.01. The minimum absolute atomic E-state index is 0.101. The predicted molar refractivity (Wildman–Crippen MR) is 83.1 cm³/mol. The van der Waals surface area contributed by atoms with Gasteiger partial charge in [0.1, 0.15) is 0 Å². The van der Waals surface area contributed by atoms with Gasteiger partial charge in [-0.05, 0) is 36.3 Å². The van der Waals surface area contributed by atoms with Crippen LogP contribution in [0.2, 0.25) is 0 Å². The Morgan fingerprint density at radius 2 is 1.95 bits per heavy atom. The van der Waals surface area contributed by atoms with Gasteiger partial charge in [-0.15, -0.1) is 11.3 Å². The number of hydrogen-bond donors (Lipinski definition) is 0. The molecule has 0 aliphatic heterocycles. The number of benzene rings is 1. The van der Waals surface area contributed by atoms with Gasteiger partial charge in [-0.1, -0.05) is 42.8 Å². The van der Waals surface area contributed by atoms with Crippen LogP contribution in [0.15, 0.2) is 47.8 Å². The van der Waals surface area contributed by atoms with Crippen molar-refractivity contribution in [2.24, 2.45) is 0 Å². The molecule has 1 heterocycles. The fraction of sp³-hybridized carbons (Fsp3) is 0.353. The maximum atomic E-state index is 11.9. The zero-order valence-corrected chi connectivity index (χ0v) is 12.6. The van der Waals surface area contributed by atoms with E-state index < -0.39 is 0 Å². The van der Waals surface area contributed by atoms with Gasteiger partial charge in [-0.3, -0.25) is 4.79 Å². The number of carbonyl (C=O) groups is 1. The summed E-state index contributed by atoms with van der Waals surface area (Å²) in [5.41, 5.74) is 1.36. The average molecular weight is 288 g/mol. The molecule has 0 radical (unpaired) electrons. The third-order valence-corrected chi connectivity index (χ3v) is 4.41. The Kier molecular flexibility index (Phi) is 5.81. The third kappa shape index (κ3) is 4.20. The highest BCUT2D eigenvalue weighted by Gasteiger charge is 2.21. The van der Waals surface area contributed by atoms with E-state index in [1.807, 2.05) is 23.6 Å². The zero-order valence-electron chi connectivity index (χ0n) is 11.7. The van der Waals surface area contributed by atoms with Gasteiger partial charge in [-0.2, -0.15) is 0 Å². The van der Waals surface area contributed by atoms with Crippen molar-refractivity contribution in [3.8, 4) is 0 Å². The van der Waals surface area contributed by atoms with Crippen LogP contribution in [-0.4, -0.2) is 13.1 Å². The molecule has 1 aromatic carbocycles.